The van der Waals surface area contributed by atoms with Crippen molar-refractivity contribution in [2.24, 2.45) is 0 Å². The summed E-state index contributed by atoms with van der Waals surface area (Å²) < 4.78 is 31.8. The van der Waals surface area contributed by atoms with Gasteiger partial charge in [0.15, 0.2) is 0 Å². The minimum Gasteiger partial charge on any atom is -0.497 e. The fourth-order valence-corrected chi connectivity index (χ4v) is 3.19. The Kier molecular flexibility index (Phi) is 6.83. The molecule has 124 valence electrons. The highest BCUT2D eigenvalue weighted by molar-refractivity contribution is 7.89. The molecule has 0 unspecified atom stereocenters. The molecule has 7 heteroatoms. The Balaban J connectivity index is 2.72. The molecule has 0 aliphatic carbocycles. The molecule has 6 nitrogen and oxygen atoms in total. The van der Waals surface area contributed by atoms with Crippen molar-refractivity contribution in [1.29, 1.82) is 0 Å². The largest absolute Gasteiger partial charge is 0.497 e. The Hall–Kier alpha value is -1.60. The first-order chi connectivity index (χ1) is 10.3. The van der Waals surface area contributed by atoms with Gasteiger partial charge in [0.25, 0.3) is 0 Å². The number of ether oxygens (including phenoxy) is 1. The van der Waals surface area contributed by atoms with E-state index in [0.29, 0.717) is 5.75 Å². The molecule has 0 saturated carbocycles. The van der Waals surface area contributed by atoms with Crippen molar-refractivity contribution in [2.75, 3.05) is 7.11 Å². The number of methoxy groups -OCH3 is 1. The molecule has 1 amide bonds. The number of nitrogens with one attached hydrogen (secondary N) is 2. The summed E-state index contributed by atoms with van der Waals surface area (Å²) in [5.74, 6) is 0.233. The van der Waals surface area contributed by atoms with Crippen molar-refractivity contribution in [3.05, 3.63) is 24.3 Å². The van der Waals surface area contributed by atoms with E-state index in [4.69, 9.17) is 4.74 Å². The molecule has 0 saturated heterocycles. The van der Waals surface area contributed by atoms with Crippen LogP contribution in [-0.4, -0.2) is 33.5 Å². The van der Waals surface area contributed by atoms with Crippen LogP contribution in [0.5, 0.6) is 5.75 Å². The zero-order valence-corrected chi connectivity index (χ0v) is 14.2. The van der Waals surface area contributed by atoms with Crippen LogP contribution >= 0.6 is 0 Å². The molecule has 0 aliphatic heterocycles. The van der Waals surface area contributed by atoms with Crippen LogP contribution in [0.1, 0.15) is 33.6 Å². The zero-order chi connectivity index (χ0) is 16.8. The van der Waals surface area contributed by atoms with E-state index in [-0.39, 0.29) is 16.8 Å². The molecule has 0 bridgehead atoms. The predicted octanol–water partition coefficient (Wildman–Crippen LogP) is 1.67. The van der Waals surface area contributed by atoms with Crippen molar-refractivity contribution < 1.29 is 17.9 Å². The second-order valence-corrected chi connectivity index (χ2v) is 6.93. The van der Waals surface area contributed by atoms with Crippen LogP contribution in [0.3, 0.4) is 0 Å². The molecule has 0 spiro atoms. The van der Waals surface area contributed by atoms with Gasteiger partial charge in [-0.3, -0.25) is 4.79 Å². The number of benzene rings is 1. The van der Waals surface area contributed by atoms with Crippen LogP contribution in [0.25, 0.3) is 0 Å². The number of hydrogen-bond acceptors (Lipinski definition) is 4. The quantitative estimate of drug-likeness (QED) is 0.760. The zero-order valence-electron chi connectivity index (χ0n) is 13.4. The third kappa shape index (κ3) is 5.31. The summed E-state index contributed by atoms with van der Waals surface area (Å²) in [6, 6.07) is 5.17. The summed E-state index contributed by atoms with van der Waals surface area (Å²) >= 11 is 0. The molecule has 1 rings (SSSR count). The minimum atomic E-state index is -3.74. The molecule has 22 heavy (non-hydrogen) atoms. The third-order valence-electron chi connectivity index (χ3n) is 3.21. The first-order valence-electron chi connectivity index (χ1n) is 7.27. The first kappa shape index (κ1) is 18.4. The Morgan fingerprint density at radius 3 is 2.32 bits per heavy atom. The van der Waals surface area contributed by atoms with Gasteiger partial charge in [-0.25, -0.2) is 8.42 Å². The Morgan fingerprint density at radius 1 is 1.23 bits per heavy atom. The molecular formula is C15H24N2O4S. The highest BCUT2D eigenvalue weighted by Gasteiger charge is 2.22. The van der Waals surface area contributed by atoms with Crippen LogP contribution in [0.2, 0.25) is 0 Å². The average Bonchev–Trinajstić information content (AvgIpc) is 2.47. The van der Waals surface area contributed by atoms with E-state index in [1.54, 1.807) is 12.1 Å². The lowest BCUT2D eigenvalue weighted by molar-refractivity contribution is -0.123. The van der Waals surface area contributed by atoms with Gasteiger partial charge < -0.3 is 10.1 Å². The number of rotatable bonds is 8. The first-order valence-corrected chi connectivity index (χ1v) is 8.75. The Morgan fingerprint density at radius 2 is 1.82 bits per heavy atom. The van der Waals surface area contributed by atoms with E-state index in [1.165, 1.54) is 26.2 Å². The molecule has 0 aromatic heterocycles. The summed E-state index contributed by atoms with van der Waals surface area (Å²) in [5.41, 5.74) is 0. The second kappa shape index (κ2) is 8.14. The third-order valence-corrected chi connectivity index (χ3v) is 4.76. The molecule has 2 N–H and O–H groups in total. The van der Waals surface area contributed by atoms with Crippen molar-refractivity contribution >= 4 is 15.9 Å². The number of carbonyl (C=O) groups excluding carboxylic acids is 1. The number of sulfonamides is 1. The number of hydrogen-bond donors (Lipinski definition) is 2. The summed E-state index contributed by atoms with van der Waals surface area (Å²) in [6.07, 6.45) is 1.80. The number of amides is 1. The van der Waals surface area contributed by atoms with Crippen LogP contribution < -0.4 is 14.8 Å². The van der Waals surface area contributed by atoms with Crippen molar-refractivity contribution in [1.82, 2.24) is 10.0 Å². The van der Waals surface area contributed by atoms with E-state index in [9.17, 15) is 13.2 Å². The van der Waals surface area contributed by atoms with Gasteiger partial charge in [-0.05, 0) is 44.5 Å². The fourth-order valence-electron chi connectivity index (χ4n) is 1.98. The summed E-state index contributed by atoms with van der Waals surface area (Å²) in [6.45, 7) is 5.44. The van der Waals surface area contributed by atoms with E-state index >= 15 is 0 Å². The molecule has 1 aromatic rings. The predicted molar refractivity (Wildman–Crippen MR) is 85.3 cm³/mol. The van der Waals surface area contributed by atoms with Crippen molar-refractivity contribution in [3.63, 3.8) is 0 Å². The molecule has 2 atom stereocenters. The van der Waals surface area contributed by atoms with Gasteiger partial charge in [-0.15, -0.1) is 0 Å². The fraction of sp³-hybridized carbons (Fsp3) is 0.533. The van der Waals surface area contributed by atoms with Gasteiger partial charge in [-0.2, -0.15) is 4.72 Å². The topological polar surface area (TPSA) is 84.5 Å². The lowest BCUT2D eigenvalue weighted by atomic mass is 10.2. The highest BCUT2D eigenvalue weighted by Crippen LogP contribution is 2.15. The summed E-state index contributed by atoms with van der Waals surface area (Å²) in [4.78, 5) is 12.1. The van der Waals surface area contributed by atoms with Crippen LogP contribution in [0.4, 0.5) is 0 Å². The average molecular weight is 328 g/mol. The lowest BCUT2D eigenvalue weighted by Crippen LogP contribution is -2.47. The second-order valence-electron chi connectivity index (χ2n) is 5.22. The van der Waals surface area contributed by atoms with Crippen LogP contribution in [0.15, 0.2) is 29.2 Å². The highest BCUT2D eigenvalue weighted by atomic mass is 32.2. The SMILES string of the molecule is CCC[C@@H](C)NC(=O)[C@@H](C)NS(=O)(=O)c1ccc(OC)cc1. The van der Waals surface area contributed by atoms with Gasteiger partial charge in [0.1, 0.15) is 5.75 Å². The maximum absolute atomic E-state index is 12.2. The lowest BCUT2D eigenvalue weighted by Gasteiger charge is -2.18. The Bertz CT molecular complexity index is 584. The van der Waals surface area contributed by atoms with Gasteiger partial charge in [0, 0.05) is 6.04 Å². The summed E-state index contributed by atoms with van der Waals surface area (Å²) in [5, 5.41) is 2.79. The standard InChI is InChI=1S/C15H24N2O4S/c1-5-6-11(2)16-15(18)12(3)17-22(19,20)14-9-7-13(21-4)8-10-14/h7-12,17H,5-6H2,1-4H3,(H,16,18)/t11-,12-/m1/s1. The van der Waals surface area contributed by atoms with Crippen LogP contribution in [-0.2, 0) is 14.8 Å². The Labute approximate surface area is 132 Å². The van der Waals surface area contributed by atoms with E-state index in [0.717, 1.165) is 12.8 Å². The van der Waals surface area contributed by atoms with Crippen molar-refractivity contribution in [2.45, 2.75) is 50.6 Å². The van der Waals surface area contributed by atoms with Crippen LogP contribution in [0, 0.1) is 0 Å². The molecule has 1 aromatic carbocycles. The minimum absolute atomic E-state index is 0.0189. The van der Waals surface area contributed by atoms with Gasteiger partial charge >= 0.3 is 0 Å². The molecule has 0 fully saturated rings. The monoisotopic (exact) mass is 328 g/mol. The van der Waals surface area contributed by atoms with E-state index in [1.807, 2.05) is 13.8 Å². The molecule has 0 aliphatic rings. The van der Waals surface area contributed by atoms with Gasteiger partial charge in [-0.1, -0.05) is 13.3 Å². The van der Waals surface area contributed by atoms with E-state index in [2.05, 4.69) is 10.0 Å². The summed E-state index contributed by atoms with van der Waals surface area (Å²) in [7, 11) is -2.24. The van der Waals surface area contributed by atoms with Gasteiger partial charge in [0.05, 0.1) is 18.0 Å². The van der Waals surface area contributed by atoms with E-state index < -0.39 is 16.1 Å². The smallest absolute Gasteiger partial charge is 0.241 e. The van der Waals surface area contributed by atoms with Gasteiger partial charge in [0.2, 0.25) is 15.9 Å². The number of carbonyl (C=O) groups is 1. The maximum atomic E-state index is 12.2. The van der Waals surface area contributed by atoms with Crippen molar-refractivity contribution in [3.8, 4) is 5.75 Å². The normalized spacial score (nSPS) is 14.2. The maximum Gasteiger partial charge on any atom is 0.241 e. The molecule has 0 radical (unpaired) electrons. The molecular weight excluding hydrogens is 304 g/mol. The molecule has 0 heterocycles.